The molecule has 0 aliphatic heterocycles. The third-order valence-electron chi connectivity index (χ3n) is 6.20. The van der Waals surface area contributed by atoms with Crippen molar-refractivity contribution in [3.63, 3.8) is 0 Å². The van der Waals surface area contributed by atoms with Gasteiger partial charge in [0.05, 0.1) is 11.4 Å². The van der Waals surface area contributed by atoms with Gasteiger partial charge in [0.2, 0.25) is 0 Å². The van der Waals surface area contributed by atoms with Gasteiger partial charge in [-0.3, -0.25) is 4.40 Å². The number of halogens is 3. The summed E-state index contributed by atoms with van der Waals surface area (Å²) >= 11 is 0. The smallest absolute Gasteiger partial charge is 0.287 e. The molecular formula is C25H30F3N4+. The Kier molecular flexibility index (Phi) is 4.95. The molecule has 4 rings (SSSR count). The molecule has 0 aliphatic carbocycles. The van der Waals surface area contributed by atoms with E-state index in [0.717, 1.165) is 28.8 Å². The molecule has 0 fully saturated rings. The second-order valence-electron chi connectivity index (χ2n) is 10.4. The Balaban J connectivity index is 1.96. The van der Waals surface area contributed by atoms with Gasteiger partial charge in [-0.25, -0.2) is 22.7 Å². The van der Waals surface area contributed by atoms with E-state index in [9.17, 15) is 13.2 Å². The molecule has 0 aliphatic rings. The average Bonchev–Trinajstić information content (AvgIpc) is 3.10. The highest BCUT2D eigenvalue weighted by Crippen LogP contribution is 2.33. The van der Waals surface area contributed by atoms with Crippen LogP contribution in [0.5, 0.6) is 0 Å². The van der Waals surface area contributed by atoms with Crippen molar-refractivity contribution in [3.8, 4) is 0 Å². The zero-order valence-electron chi connectivity index (χ0n) is 19.9. The highest BCUT2D eigenvalue weighted by atomic mass is 19.1. The lowest BCUT2D eigenvalue weighted by Gasteiger charge is -2.24. The van der Waals surface area contributed by atoms with Gasteiger partial charge in [0.1, 0.15) is 24.3 Å². The van der Waals surface area contributed by atoms with E-state index >= 15 is 0 Å². The first-order valence-electron chi connectivity index (χ1n) is 10.8. The topological polar surface area (TPSA) is 26.3 Å². The SMILES string of the molecule is Cc1cc2n(CC(C)(C)c3c(C)nc4c(F)cc(F)cn34)c(C)c(C(C)(C)C)[n+]2cc1F. The van der Waals surface area contributed by atoms with Gasteiger partial charge in [-0.2, -0.15) is 4.40 Å². The van der Waals surface area contributed by atoms with Gasteiger partial charge >= 0.3 is 0 Å². The largest absolute Gasteiger partial charge is 0.298 e. The maximum absolute atomic E-state index is 14.5. The Bertz CT molecular complexity index is 1370. The number of pyridine rings is 2. The van der Waals surface area contributed by atoms with Crippen molar-refractivity contribution in [1.29, 1.82) is 0 Å². The van der Waals surface area contributed by atoms with Crippen molar-refractivity contribution in [3.05, 3.63) is 70.3 Å². The molecule has 0 spiro atoms. The molecule has 4 heterocycles. The standard InChI is InChI=1S/C25H30F3N4/c1-14-9-20-30(12-19(14)28)22(24(4,5)6)16(3)32(20)13-25(7,8)21-15(2)29-23-18(27)10-17(26)11-31(21)23/h9-12H,13H2,1-8H3/q+1. The van der Waals surface area contributed by atoms with Gasteiger partial charge in [0.25, 0.3) is 5.65 Å². The van der Waals surface area contributed by atoms with Crippen LogP contribution in [0.25, 0.3) is 11.3 Å². The number of aromatic nitrogens is 4. The molecule has 170 valence electrons. The van der Waals surface area contributed by atoms with Crippen LogP contribution in [0.4, 0.5) is 13.2 Å². The summed E-state index contributed by atoms with van der Waals surface area (Å²) < 4.78 is 48.6. The second-order valence-corrected chi connectivity index (χ2v) is 10.4. The van der Waals surface area contributed by atoms with Gasteiger partial charge < -0.3 is 0 Å². The predicted octanol–water partition coefficient (Wildman–Crippen LogP) is 5.49. The number of hydrogen-bond donors (Lipinski definition) is 0. The lowest BCUT2D eigenvalue weighted by Crippen LogP contribution is -2.33. The van der Waals surface area contributed by atoms with E-state index in [0.29, 0.717) is 17.8 Å². The number of imidazole rings is 2. The van der Waals surface area contributed by atoms with Crippen LogP contribution >= 0.6 is 0 Å². The average molecular weight is 444 g/mol. The molecule has 0 amide bonds. The summed E-state index contributed by atoms with van der Waals surface area (Å²) in [6.45, 7) is 16.5. The molecule has 0 radical (unpaired) electrons. The van der Waals surface area contributed by atoms with Crippen molar-refractivity contribution in [2.24, 2.45) is 0 Å². The normalized spacial score (nSPS) is 13.0. The summed E-state index contributed by atoms with van der Waals surface area (Å²) in [5.74, 6) is -1.59. The Hall–Kier alpha value is -2.83. The van der Waals surface area contributed by atoms with Crippen molar-refractivity contribution in [2.75, 3.05) is 0 Å². The van der Waals surface area contributed by atoms with E-state index in [-0.39, 0.29) is 16.9 Å². The molecule has 0 bridgehead atoms. The van der Waals surface area contributed by atoms with Gasteiger partial charge in [-0.1, -0.05) is 34.6 Å². The number of aryl methyl sites for hydroxylation is 2. The van der Waals surface area contributed by atoms with Crippen LogP contribution in [-0.2, 0) is 17.4 Å². The van der Waals surface area contributed by atoms with Gasteiger partial charge in [0, 0.05) is 36.1 Å². The first-order chi connectivity index (χ1) is 14.7. The van der Waals surface area contributed by atoms with Crippen molar-refractivity contribution in [1.82, 2.24) is 14.0 Å². The third-order valence-corrected chi connectivity index (χ3v) is 6.20. The van der Waals surface area contributed by atoms with E-state index in [2.05, 4.69) is 30.3 Å². The quantitative estimate of drug-likeness (QED) is 0.385. The highest BCUT2D eigenvalue weighted by molar-refractivity contribution is 5.47. The van der Waals surface area contributed by atoms with Crippen molar-refractivity contribution in [2.45, 2.75) is 72.8 Å². The summed E-state index contributed by atoms with van der Waals surface area (Å²) in [4.78, 5) is 4.37. The fourth-order valence-corrected chi connectivity index (χ4v) is 5.05. The predicted molar refractivity (Wildman–Crippen MR) is 119 cm³/mol. The monoisotopic (exact) mass is 443 g/mol. The summed E-state index contributed by atoms with van der Waals surface area (Å²) in [5, 5.41) is 0. The van der Waals surface area contributed by atoms with E-state index in [1.54, 1.807) is 13.1 Å². The van der Waals surface area contributed by atoms with E-state index in [1.165, 1.54) is 10.6 Å². The molecule has 4 aromatic rings. The molecule has 4 nitrogen and oxygen atoms in total. The number of rotatable bonds is 3. The molecule has 7 heteroatoms. The fraction of sp³-hybridized carbons (Fsp3) is 0.440. The zero-order valence-corrected chi connectivity index (χ0v) is 19.9. The summed E-state index contributed by atoms with van der Waals surface area (Å²) in [6.07, 6.45) is 2.83. The molecule has 0 N–H and O–H groups in total. The van der Waals surface area contributed by atoms with Gasteiger partial charge in [-0.05, 0) is 19.4 Å². The Morgan fingerprint density at radius 2 is 1.62 bits per heavy atom. The molecular weight excluding hydrogens is 413 g/mol. The van der Waals surface area contributed by atoms with E-state index in [4.69, 9.17) is 0 Å². The number of fused-ring (bicyclic) bond motifs is 2. The molecule has 0 atom stereocenters. The van der Waals surface area contributed by atoms with Crippen LogP contribution in [0.3, 0.4) is 0 Å². The number of nitrogens with zero attached hydrogens (tertiary/aromatic N) is 4. The van der Waals surface area contributed by atoms with Crippen LogP contribution in [0.1, 0.15) is 63.0 Å². The van der Waals surface area contributed by atoms with E-state index in [1.807, 2.05) is 38.2 Å². The fourth-order valence-electron chi connectivity index (χ4n) is 5.05. The lowest BCUT2D eigenvalue weighted by atomic mass is 9.87. The first-order valence-corrected chi connectivity index (χ1v) is 10.8. The minimum atomic E-state index is -0.686. The summed E-state index contributed by atoms with van der Waals surface area (Å²) in [5.41, 5.74) is 4.26. The van der Waals surface area contributed by atoms with Gasteiger partial charge in [-0.15, -0.1) is 0 Å². The molecule has 0 unspecified atom stereocenters. The maximum atomic E-state index is 14.5. The summed E-state index contributed by atoms with van der Waals surface area (Å²) in [7, 11) is 0. The summed E-state index contributed by atoms with van der Waals surface area (Å²) in [6, 6.07) is 2.71. The number of hydrogen-bond acceptors (Lipinski definition) is 1. The molecule has 0 saturated carbocycles. The van der Waals surface area contributed by atoms with Gasteiger partial charge in [0.15, 0.2) is 23.0 Å². The minimum Gasteiger partial charge on any atom is -0.298 e. The second kappa shape index (κ2) is 7.09. The van der Waals surface area contributed by atoms with Crippen LogP contribution in [-0.4, -0.2) is 14.0 Å². The van der Waals surface area contributed by atoms with E-state index < -0.39 is 17.0 Å². The Morgan fingerprint density at radius 3 is 2.25 bits per heavy atom. The molecule has 0 aromatic carbocycles. The Labute approximate surface area is 186 Å². The molecule has 4 aromatic heterocycles. The zero-order chi connectivity index (χ0) is 23.7. The van der Waals surface area contributed by atoms with Crippen molar-refractivity contribution < 1.29 is 17.6 Å². The first kappa shape index (κ1) is 22.4. The van der Waals surface area contributed by atoms with Crippen LogP contribution in [0.15, 0.2) is 24.5 Å². The van der Waals surface area contributed by atoms with Crippen LogP contribution in [0, 0.1) is 38.2 Å². The minimum absolute atomic E-state index is 0.115. The lowest BCUT2D eigenvalue weighted by molar-refractivity contribution is -0.527. The van der Waals surface area contributed by atoms with Crippen LogP contribution in [0.2, 0.25) is 0 Å². The molecule has 32 heavy (non-hydrogen) atoms. The Morgan fingerprint density at radius 1 is 0.969 bits per heavy atom. The van der Waals surface area contributed by atoms with Crippen LogP contribution < -0.4 is 4.40 Å². The third kappa shape index (κ3) is 3.38. The maximum Gasteiger partial charge on any atom is 0.287 e. The van der Waals surface area contributed by atoms with Crippen molar-refractivity contribution >= 4 is 11.3 Å². The molecule has 0 saturated heterocycles. The highest BCUT2D eigenvalue weighted by Gasteiger charge is 2.37.